The van der Waals surface area contributed by atoms with E-state index < -0.39 is 16.3 Å². The summed E-state index contributed by atoms with van der Waals surface area (Å²) in [4.78, 5) is 10.2. The largest absolute Gasteiger partial charge is 0.508 e. The van der Waals surface area contributed by atoms with Gasteiger partial charge in [-0.05, 0) is 58.1 Å². The molecule has 0 amide bonds. The number of benzene rings is 1. The molecule has 3 heterocycles. The van der Waals surface area contributed by atoms with Gasteiger partial charge in [-0.15, -0.1) is 0 Å². The number of unbranched alkanes of at least 4 members (excludes halogenated alkanes) is 1. The lowest BCUT2D eigenvalue weighted by atomic mass is 10.2. The molecule has 3 aliphatic rings. The molecule has 0 aromatic heterocycles. The molecule has 9 nitrogen and oxygen atoms in total. The Bertz CT molecular complexity index is 826. The van der Waals surface area contributed by atoms with Crippen molar-refractivity contribution in [1.29, 1.82) is 0 Å². The highest BCUT2D eigenvalue weighted by Crippen LogP contribution is 2.14. The van der Waals surface area contributed by atoms with E-state index in [-0.39, 0.29) is 24.5 Å². The summed E-state index contributed by atoms with van der Waals surface area (Å²) in [7, 11) is -2.36. The normalized spacial score (nSPS) is 19.0. The van der Waals surface area contributed by atoms with Gasteiger partial charge in [0.05, 0.1) is 36.6 Å². The van der Waals surface area contributed by atoms with Gasteiger partial charge in [0.2, 0.25) is 0 Å². The molecular weight excluding hydrogens is 548 g/mol. The molecule has 0 spiro atoms. The molecule has 1 aromatic rings. The number of carbonyl (C=O) groups is 1. The van der Waals surface area contributed by atoms with E-state index in [1.807, 2.05) is 6.92 Å². The van der Waals surface area contributed by atoms with Gasteiger partial charge in [0.25, 0.3) is 10.1 Å². The van der Waals surface area contributed by atoms with E-state index in [4.69, 9.17) is 14.6 Å². The Balaban J connectivity index is -0.000000434. The van der Waals surface area contributed by atoms with Crippen LogP contribution in [0.5, 0.6) is 0 Å². The van der Waals surface area contributed by atoms with Gasteiger partial charge in [-0.2, -0.15) is 8.42 Å². The van der Waals surface area contributed by atoms with Crippen LogP contribution in [-0.2, 0) is 33.2 Å². The topological polar surface area (TPSA) is 118 Å². The minimum absolute atomic E-state index is 0. The Kier molecular flexibility index (Phi) is 29.6. The average molecular weight is 607 g/mol. The highest BCUT2D eigenvalue weighted by atomic mass is 32.2. The van der Waals surface area contributed by atoms with Gasteiger partial charge in [0, 0.05) is 13.0 Å². The van der Waals surface area contributed by atoms with Crippen molar-refractivity contribution in [3.05, 3.63) is 42.7 Å². The Hall–Kier alpha value is -2.14. The van der Waals surface area contributed by atoms with Crippen LogP contribution in [-0.4, -0.2) is 64.9 Å². The lowest BCUT2D eigenvalue weighted by molar-refractivity contribution is 0.108. The molecule has 3 atom stereocenters. The van der Waals surface area contributed by atoms with Gasteiger partial charge in [0.1, 0.15) is 12.7 Å². The maximum Gasteiger partial charge on any atom is 0.508 e. The van der Waals surface area contributed by atoms with Crippen molar-refractivity contribution in [2.24, 2.45) is 0 Å². The number of hydrogen-bond acceptors (Lipinski definition) is 9. The zero-order chi connectivity index (χ0) is 30.8. The molecule has 3 saturated heterocycles. The SMILES string of the molecule is C.C=C1CCCO1.CC1COC(=O)O1.CCC(C)O.CCC1CCCO1.CCCC.COS(=O)(=O)c1ccccc1. The number of carbonyl (C=O) groups excluding carboxylic acids is 1. The summed E-state index contributed by atoms with van der Waals surface area (Å²) < 4.78 is 45.4. The van der Waals surface area contributed by atoms with Crippen molar-refractivity contribution < 1.29 is 41.4 Å². The van der Waals surface area contributed by atoms with Crippen LogP contribution in [0.4, 0.5) is 4.79 Å². The Morgan fingerprint density at radius 1 is 1.05 bits per heavy atom. The van der Waals surface area contributed by atoms with E-state index in [1.165, 1.54) is 50.7 Å². The number of ether oxygens (including phenoxy) is 4. The predicted octanol–water partition coefficient (Wildman–Crippen LogP) is 7.67. The van der Waals surface area contributed by atoms with Gasteiger partial charge in [-0.25, -0.2) is 4.79 Å². The summed E-state index contributed by atoms with van der Waals surface area (Å²) in [6, 6.07) is 8.00. The molecule has 1 N–H and O–H groups in total. The third kappa shape index (κ3) is 26.5. The van der Waals surface area contributed by atoms with E-state index in [0.29, 0.717) is 12.7 Å². The molecule has 0 radical (unpaired) electrons. The predicted molar refractivity (Wildman–Crippen MR) is 165 cm³/mol. The van der Waals surface area contributed by atoms with Gasteiger partial charge < -0.3 is 24.1 Å². The van der Waals surface area contributed by atoms with Gasteiger partial charge in [0.15, 0.2) is 0 Å². The number of allylic oxidation sites excluding steroid dienone is 1. The summed E-state index contributed by atoms with van der Waals surface area (Å²) in [5.74, 6) is 0.954. The Morgan fingerprint density at radius 3 is 1.85 bits per heavy atom. The zero-order valence-corrected chi connectivity index (χ0v) is 26.5. The van der Waals surface area contributed by atoms with Crippen molar-refractivity contribution in [1.82, 2.24) is 0 Å². The van der Waals surface area contributed by atoms with Crippen molar-refractivity contribution in [3.8, 4) is 0 Å². The Morgan fingerprint density at radius 2 is 1.63 bits per heavy atom. The number of hydrogen-bond donors (Lipinski definition) is 1. The molecule has 0 bridgehead atoms. The molecule has 10 heteroatoms. The first-order valence-electron chi connectivity index (χ1n) is 14.3. The van der Waals surface area contributed by atoms with Crippen molar-refractivity contribution >= 4 is 16.3 Å². The van der Waals surface area contributed by atoms with Crippen LogP contribution >= 0.6 is 0 Å². The second kappa shape index (κ2) is 28.0. The van der Waals surface area contributed by atoms with E-state index in [9.17, 15) is 13.2 Å². The number of aliphatic hydroxyl groups is 1. The van der Waals surface area contributed by atoms with E-state index in [0.717, 1.165) is 38.9 Å². The monoisotopic (exact) mass is 606 g/mol. The van der Waals surface area contributed by atoms with Crippen LogP contribution in [0.2, 0.25) is 0 Å². The molecule has 242 valence electrons. The van der Waals surface area contributed by atoms with Crippen LogP contribution in [0.25, 0.3) is 0 Å². The Labute approximate surface area is 250 Å². The van der Waals surface area contributed by atoms with Crippen LogP contribution in [0.3, 0.4) is 0 Å². The highest BCUT2D eigenvalue weighted by molar-refractivity contribution is 7.86. The minimum atomic E-state index is -3.50. The fourth-order valence-electron chi connectivity index (χ4n) is 2.63. The maximum absolute atomic E-state index is 11.0. The van der Waals surface area contributed by atoms with E-state index >= 15 is 0 Å². The molecule has 3 aliphatic heterocycles. The van der Waals surface area contributed by atoms with Crippen molar-refractivity contribution in [2.45, 2.75) is 124 Å². The van der Waals surface area contributed by atoms with Crippen molar-refractivity contribution in [3.63, 3.8) is 0 Å². The fraction of sp³-hybridized carbons (Fsp3) is 0.710. The molecule has 3 unspecified atom stereocenters. The van der Waals surface area contributed by atoms with Crippen LogP contribution in [0.1, 0.15) is 100 Å². The highest BCUT2D eigenvalue weighted by Gasteiger charge is 2.19. The number of rotatable bonds is 5. The second-order valence-electron chi connectivity index (χ2n) is 9.21. The summed E-state index contributed by atoms with van der Waals surface area (Å²) >= 11 is 0. The maximum atomic E-state index is 11.0. The number of cyclic esters (lactones) is 2. The van der Waals surface area contributed by atoms with Gasteiger partial charge in [-0.3, -0.25) is 4.18 Å². The summed E-state index contributed by atoms with van der Waals surface area (Å²) in [6.07, 6.45) is 9.38. The molecule has 0 saturated carbocycles. The first kappa shape index (κ1) is 43.3. The fourth-order valence-corrected chi connectivity index (χ4v) is 3.31. The lowest BCUT2D eigenvalue weighted by Gasteiger charge is -2.01. The molecule has 4 rings (SSSR count). The summed E-state index contributed by atoms with van der Waals surface area (Å²) in [6.45, 7) is 18.0. The first-order chi connectivity index (χ1) is 19.0. The molecule has 3 fully saturated rings. The summed E-state index contributed by atoms with van der Waals surface area (Å²) in [5.41, 5.74) is 0. The minimum Gasteiger partial charge on any atom is -0.499 e. The van der Waals surface area contributed by atoms with Crippen LogP contribution in [0, 0.1) is 0 Å². The van der Waals surface area contributed by atoms with Crippen molar-refractivity contribution in [2.75, 3.05) is 26.9 Å². The molecule has 0 aliphatic carbocycles. The van der Waals surface area contributed by atoms with Gasteiger partial charge >= 0.3 is 6.16 Å². The quantitative estimate of drug-likeness (QED) is 0.266. The zero-order valence-electron chi connectivity index (χ0n) is 25.7. The average Bonchev–Trinajstić information content (AvgIpc) is 3.75. The molecule has 1 aromatic carbocycles. The molecule has 41 heavy (non-hydrogen) atoms. The first-order valence-corrected chi connectivity index (χ1v) is 15.7. The van der Waals surface area contributed by atoms with Crippen LogP contribution < -0.4 is 0 Å². The standard InChI is InChI=1S/C7H8O3S.C6H12O.C5H8O.C4H6O3.C4H10O.C4H10.CH4/c1-10-11(8,9)7-5-3-2-4-6-7;1-2-6-4-3-5-7-6;1-5-3-2-4-6-5;1-3-2-6-4(5)7-3;1-3-4(2)5;1-3-4-2;/h2-6H,1H3;6H,2-5H2,1H3;1-4H2;3H,2H2,1H3;4-5H,3H2,1-2H3;3-4H2,1-2H3;1H4. The molecular formula is C31H58O9S. The number of aliphatic hydroxyl groups excluding tert-OH is 1. The van der Waals surface area contributed by atoms with E-state index in [2.05, 4.69) is 41.0 Å². The lowest BCUT2D eigenvalue weighted by Crippen LogP contribution is -2.01. The smallest absolute Gasteiger partial charge is 0.499 e. The van der Waals surface area contributed by atoms with Gasteiger partial charge in [-0.1, -0.05) is 72.7 Å². The second-order valence-corrected chi connectivity index (χ2v) is 10.9. The third-order valence-electron chi connectivity index (χ3n) is 5.46. The summed E-state index contributed by atoms with van der Waals surface area (Å²) in [5, 5.41) is 8.36. The third-order valence-corrected chi connectivity index (χ3v) is 6.75. The van der Waals surface area contributed by atoms with E-state index in [1.54, 1.807) is 32.0 Å². The van der Waals surface area contributed by atoms with Crippen LogP contribution in [0.15, 0.2) is 47.6 Å².